The third kappa shape index (κ3) is 3.79. The van der Waals surface area contributed by atoms with Gasteiger partial charge in [-0.25, -0.2) is 0 Å². The van der Waals surface area contributed by atoms with Gasteiger partial charge < -0.3 is 24.0 Å². The van der Waals surface area contributed by atoms with Gasteiger partial charge in [-0.1, -0.05) is 65.8 Å². The molecule has 108 valence electrons. The second-order valence-electron chi connectivity index (χ2n) is 4.24. The predicted molar refractivity (Wildman–Crippen MR) is 94.3 cm³/mol. The van der Waals surface area contributed by atoms with Crippen molar-refractivity contribution in [2.75, 3.05) is 6.26 Å². The van der Waals surface area contributed by atoms with Crippen molar-refractivity contribution in [3.63, 3.8) is 0 Å². The van der Waals surface area contributed by atoms with E-state index in [1.165, 1.54) is 25.8 Å². The zero-order valence-corrected chi connectivity index (χ0v) is 16.5. The third-order valence-corrected chi connectivity index (χ3v) is 7.17. The van der Waals surface area contributed by atoms with E-state index in [9.17, 15) is 0 Å². The molecular formula is C16H12ClIS3. The van der Waals surface area contributed by atoms with E-state index < -0.39 is 0 Å². The molecule has 0 N–H and O–H groups in total. The molecule has 0 bridgehead atoms. The quantitative estimate of drug-likeness (QED) is 0.247. The zero-order chi connectivity index (χ0) is 13.9. The molecule has 0 fully saturated rings. The molecule has 0 saturated heterocycles. The number of thioether (sulfide) groups is 1. The van der Waals surface area contributed by atoms with Crippen LogP contribution in [0, 0.1) is 0 Å². The van der Waals surface area contributed by atoms with Crippen molar-refractivity contribution >= 4 is 44.0 Å². The van der Waals surface area contributed by atoms with Crippen molar-refractivity contribution in [3.8, 4) is 21.6 Å². The second kappa shape index (κ2) is 7.92. The minimum Gasteiger partial charge on any atom is -1.00 e. The minimum atomic E-state index is 0. The average Bonchev–Trinajstić information content (AvgIpc) is 2.93. The third-order valence-electron chi connectivity index (χ3n) is 2.99. The Balaban J connectivity index is 0.00000161. The van der Waals surface area contributed by atoms with E-state index in [0.29, 0.717) is 0 Å². The molecule has 3 rings (SSSR count). The number of hydrogen-bond acceptors (Lipinski definition) is 2. The summed E-state index contributed by atoms with van der Waals surface area (Å²) >= 11 is 7.80. The van der Waals surface area contributed by atoms with Crippen LogP contribution >= 0.6 is 44.0 Å². The van der Waals surface area contributed by atoms with Crippen LogP contribution in [0.2, 0.25) is 5.02 Å². The maximum atomic E-state index is 5.99. The first-order valence-electron chi connectivity index (χ1n) is 6.11. The van der Waals surface area contributed by atoms with Crippen molar-refractivity contribution in [1.82, 2.24) is 0 Å². The monoisotopic (exact) mass is 462 g/mol. The van der Waals surface area contributed by atoms with Crippen LogP contribution in [0.5, 0.6) is 0 Å². The van der Waals surface area contributed by atoms with Gasteiger partial charge in [0, 0.05) is 5.02 Å². The van der Waals surface area contributed by atoms with Crippen molar-refractivity contribution < 1.29 is 24.0 Å². The van der Waals surface area contributed by atoms with E-state index in [-0.39, 0.29) is 24.0 Å². The van der Waals surface area contributed by atoms with Crippen LogP contribution in [-0.2, 0) is 0 Å². The maximum Gasteiger partial charge on any atom is 0.308 e. The number of halogens is 2. The number of rotatable bonds is 3. The molecule has 0 unspecified atom stereocenters. The van der Waals surface area contributed by atoms with E-state index in [2.05, 4.69) is 48.7 Å². The van der Waals surface area contributed by atoms with Crippen molar-refractivity contribution in [2.24, 2.45) is 0 Å². The van der Waals surface area contributed by atoms with Crippen molar-refractivity contribution in [1.29, 1.82) is 0 Å². The molecule has 5 heteroatoms. The van der Waals surface area contributed by atoms with Gasteiger partial charge in [0.15, 0.2) is 10.3 Å². The van der Waals surface area contributed by atoms with Gasteiger partial charge >= 0.3 is 10.3 Å². The summed E-state index contributed by atoms with van der Waals surface area (Å²) in [4.78, 5) is 1.32. The Labute approximate surface area is 158 Å². The lowest BCUT2D eigenvalue weighted by Crippen LogP contribution is -3.00. The standard InChI is InChI=1S/C16H12ClS3.HI/c1-18-16-14(11-5-3-2-4-6-11)15(19-20-16)12-7-9-13(17)10-8-12;/h2-10H,1H3;1H/q+1;/p-1. The number of hydrogen-bond donors (Lipinski definition) is 0. The smallest absolute Gasteiger partial charge is 0.308 e. The Kier molecular flexibility index (Phi) is 6.50. The molecule has 1 aromatic heterocycles. The summed E-state index contributed by atoms with van der Waals surface area (Å²) in [6, 6.07) is 18.7. The maximum absolute atomic E-state index is 5.99. The Morgan fingerprint density at radius 2 is 1.62 bits per heavy atom. The highest BCUT2D eigenvalue weighted by molar-refractivity contribution is 8.02. The first-order valence-corrected chi connectivity index (χ1v) is 9.86. The fourth-order valence-corrected chi connectivity index (χ4v) is 6.17. The van der Waals surface area contributed by atoms with Gasteiger partial charge in [-0.3, -0.25) is 0 Å². The summed E-state index contributed by atoms with van der Waals surface area (Å²) in [6.07, 6.45) is 2.14. The van der Waals surface area contributed by atoms with Gasteiger partial charge in [-0.05, 0) is 29.5 Å². The first kappa shape index (κ1) is 17.2. The summed E-state index contributed by atoms with van der Waals surface area (Å²) in [5.74, 6) is 0. The molecule has 0 nitrogen and oxygen atoms in total. The molecule has 1 heterocycles. The van der Waals surface area contributed by atoms with Crippen molar-refractivity contribution in [2.45, 2.75) is 4.21 Å². The van der Waals surface area contributed by atoms with Crippen LogP contribution in [0.15, 0.2) is 58.8 Å². The van der Waals surface area contributed by atoms with E-state index in [4.69, 9.17) is 11.6 Å². The summed E-state index contributed by atoms with van der Waals surface area (Å²) in [7, 11) is 3.67. The Morgan fingerprint density at radius 3 is 2.24 bits per heavy atom. The summed E-state index contributed by atoms with van der Waals surface area (Å²) in [5, 5.41) is 0.778. The van der Waals surface area contributed by atoms with Crippen LogP contribution < -0.4 is 24.0 Å². The summed E-state index contributed by atoms with van der Waals surface area (Å²) in [6.45, 7) is 0. The molecule has 0 aliphatic carbocycles. The highest BCUT2D eigenvalue weighted by Crippen LogP contribution is 2.47. The molecular weight excluding hydrogens is 451 g/mol. The highest BCUT2D eigenvalue weighted by Gasteiger charge is 2.25. The van der Waals surface area contributed by atoms with Crippen LogP contribution in [0.25, 0.3) is 21.6 Å². The Morgan fingerprint density at radius 1 is 0.952 bits per heavy atom. The second-order valence-corrected chi connectivity index (χ2v) is 7.90. The van der Waals surface area contributed by atoms with E-state index in [0.717, 1.165) is 5.02 Å². The fraction of sp³-hybridized carbons (Fsp3) is 0.0625. The van der Waals surface area contributed by atoms with Crippen LogP contribution in [0.1, 0.15) is 0 Å². The van der Waals surface area contributed by atoms with E-state index in [1.807, 2.05) is 44.6 Å². The molecule has 0 aliphatic rings. The van der Waals surface area contributed by atoms with Gasteiger partial charge in [0.05, 0.1) is 5.56 Å². The normalized spacial score (nSPS) is 10.2. The Hall–Kier alpha value is -0.140. The molecule has 0 radical (unpaired) electrons. The molecule has 3 aromatic rings. The molecule has 0 spiro atoms. The largest absolute Gasteiger partial charge is 1.00 e. The summed E-state index contributed by atoms with van der Waals surface area (Å²) in [5.41, 5.74) is 3.85. The lowest BCUT2D eigenvalue weighted by molar-refractivity contribution is -0.00000362. The molecule has 21 heavy (non-hydrogen) atoms. The van der Waals surface area contributed by atoms with Crippen molar-refractivity contribution in [3.05, 3.63) is 59.6 Å². The number of benzene rings is 2. The Bertz CT molecular complexity index is 708. The molecule has 0 aliphatic heterocycles. The lowest BCUT2D eigenvalue weighted by Gasteiger charge is -2.02. The van der Waals surface area contributed by atoms with E-state index in [1.54, 1.807) is 0 Å². The van der Waals surface area contributed by atoms with Gasteiger partial charge in [0.1, 0.15) is 4.88 Å². The molecule has 0 amide bonds. The van der Waals surface area contributed by atoms with Gasteiger partial charge in [0.25, 0.3) is 4.21 Å². The zero-order valence-electron chi connectivity index (χ0n) is 11.2. The van der Waals surface area contributed by atoms with E-state index >= 15 is 0 Å². The molecule has 0 saturated carbocycles. The summed E-state index contributed by atoms with van der Waals surface area (Å²) < 4.78 is 1.37. The highest BCUT2D eigenvalue weighted by atomic mass is 127. The van der Waals surface area contributed by atoms with Crippen LogP contribution in [0.3, 0.4) is 0 Å². The van der Waals surface area contributed by atoms with Crippen LogP contribution in [0.4, 0.5) is 0 Å². The average molecular weight is 463 g/mol. The molecule has 2 aromatic carbocycles. The van der Waals surface area contributed by atoms with Gasteiger partial charge in [0.2, 0.25) is 0 Å². The van der Waals surface area contributed by atoms with Crippen LogP contribution in [-0.4, -0.2) is 6.26 Å². The molecule has 0 atom stereocenters. The van der Waals surface area contributed by atoms with Gasteiger partial charge in [-0.15, -0.1) is 0 Å². The SMILES string of the molecule is CSc1[s+]sc(-c2ccc(Cl)cc2)c1-c1ccccc1.[I-]. The fourth-order valence-electron chi connectivity index (χ4n) is 2.04. The topological polar surface area (TPSA) is 0 Å². The van der Waals surface area contributed by atoms with Gasteiger partial charge in [-0.2, -0.15) is 0 Å². The predicted octanol–water partition coefficient (Wildman–Crippen LogP) is 3.80. The lowest BCUT2D eigenvalue weighted by atomic mass is 10.0. The minimum absolute atomic E-state index is 0. The first-order chi connectivity index (χ1) is 9.79.